The standard InChI is InChI=1S/C18H21N3O3/c1-11(2)16-15(10-19-12(3)21-16)17(22)20-9-14(18(23)24)13-7-5-4-6-8-13/h4-8,10-11,14H,9H2,1-3H3,(H,20,22)(H,23,24). The first-order valence-corrected chi connectivity index (χ1v) is 7.79. The van der Waals surface area contributed by atoms with Crippen LogP contribution in [0.25, 0.3) is 0 Å². The molecule has 126 valence electrons. The van der Waals surface area contributed by atoms with Crippen molar-refractivity contribution in [1.29, 1.82) is 0 Å². The molecule has 1 aromatic heterocycles. The van der Waals surface area contributed by atoms with Gasteiger partial charge in [0, 0.05) is 12.7 Å². The summed E-state index contributed by atoms with van der Waals surface area (Å²) in [6, 6.07) is 8.84. The summed E-state index contributed by atoms with van der Waals surface area (Å²) < 4.78 is 0. The molecule has 1 heterocycles. The molecule has 0 saturated carbocycles. The highest BCUT2D eigenvalue weighted by Crippen LogP contribution is 2.18. The number of carboxylic acids is 1. The molecule has 6 heteroatoms. The number of nitrogens with zero attached hydrogens (tertiary/aromatic N) is 2. The van der Waals surface area contributed by atoms with Crippen LogP contribution in [-0.4, -0.2) is 33.5 Å². The first-order valence-electron chi connectivity index (χ1n) is 7.79. The Bertz CT molecular complexity index is 730. The van der Waals surface area contributed by atoms with Gasteiger partial charge in [0.2, 0.25) is 0 Å². The molecule has 2 N–H and O–H groups in total. The number of carbonyl (C=O) groups is 2. The number of aromatic nitrogens is 2. The zero-order valence-electron chi connectivity index (χ0n) is 14.0. The Morgan fingerprint density at radius 2 is 1.88 bits per heavy atom. The summed E-state index contributed by atoms with van der Waals surface area (Å²) in [6.07, 6.45) is 1.49. The van der Waals surface area contributed by atoms with Crippen molar-refractivity contribution in [2.45, 2.75) is 32.6 Å². The van der Waals surface area contributed by atoms with E-state index in [0.717, 1.165) is 0 Å². The van der Waals surface area contributed by atoms with Crippen LogP contribution in [0.5, 0.6) is 0 Å². The Balaban J connectivity index is 2.16. The minimum absolute atomic E-state index is 0.00356. The van der Waals surface area contributed by atoms with Crippen LogP contribution in [0.3, 0.4) is 0 Å². The molecule has 0 spiro atoms. The second kappa shape index (κ2) is 7.68. The molecule has 0 bridgehead atoms. The van der Waals surface area contributed by atoms with Crippen LogP contribution in [-0.2, 0) is 4.79 Å². The predicted octanol–water partition coefficient (Wildman–Crippen LogP) is 2.51. The fourth-order valence-corrected chi connectivity index (χ4v) is 2.43. The Morgan fingerprint density at radius 3 is 2.46 bits per heavy atom. The fraction of sp³-hybridized carbons (Fsp3) is 0.333. The maximum absolute atomic E-state index is 12.5. The summed E-state index contributed by atoms with van der Waals surface area (Å²) in [5.74, 6) is -1.48. The molecule has 24 heavy (non-hydrogen) atoms. The van der Waals surface area contributed by atoms with Crippen LogP contribution in [0.4, 0.5) is 0 Å². The quantitative estimate of drug-likeness (QED) is 0.850. The van der Waals surface area contributed by atoms with Gasteiger partial charge in [0.1, 0.15) is 5.82 Å². The lowest BCUT2D eigenvalue weighted by atomic mass is 9.99. The smallest absolute Gasteiger partial charge is 0.312 e. The van der Waals surface area contributed by atoms with Gasteiger partial charge in [0.15, 0.2) is 0 Å². The number of hydrogen-bond acceptors (Lipinski definition) is 4. The van der Waals surface area contributed by atoms with Gasteiger partial charge < -0.3 is 10.4 Å². The summed E-state index contributed by atoms with van der Waals surface area (Å²) in [5.41, 5.74) is 1.69. The number of hydrogen-bond donors (Lipinski definition) is 2. The van der Waals surface area contributed by atoms with E-state index < -0.39 is 11.9 Å². The molecular formula is C18H21N3O3. The second-order valence-corrected chi connectivity index (χ2v) is 5.88. The number of nitrogens with one attached hydrogen (secondary N) is 1. The molecule has 6 nitrogen and oxygen atoms in total. The lowest BCUT2D eigenvalue weighted by Crippen LogP contribution is -2.32. The number of aryl methyl sites for hydroxylation is 1. The van der Waals surface area contributed by atoms with Crippen molar-refractivity contribution < 1.29 is 14.7 Å². The van der Waals surface area contributed by atoms with E-state index >= 15 is 0 Å². The van der Waals surface area contributed by atoms with Crippen LogP contribution in [0, 0.1) is 6.92 Å². The van der Waals surface area contributed by atoms with Gasteiger partial charge in [-0.2, -0.15) is 0 Å². The van der Waals surface area contributed by atoms with E-state index in [9.17, 15) is 14.7 Å². The molecule has 0 aliphatic heterocycles. The third-order valence-corrected chi connectivity index (χ3v) is 3.70. The normalized spacial score (nSPS) is 12.0. The largest absolute Gasteiger partial charge is 0.481 e. The molecule has 1 unspecified atom stereocenters. The number of amides is 1. The molecule has 1 aromatic carbocycles. The van der Waals surface area contributed by atoms with Crippen LogP contribution in [0.2, 0.25) is 0 Å². The van der Waals surface area contributed by atoms with Crippen molar-refractivity contribution in [2.75, 3.05) is 6.54 Å². The van der Waals surface area contributed by atoms with Crippen molar-refractivity contribution in [1.82, 2.24) is 15.3 Å². The average molecular weight is 327 g/mol. The zero-order valence-corrected chi connectivity index (χ0v) is 14.0. The van der Waals surface area contributed by atoms with Crippen molar-refractivity contribution in [2.24, 2.45) is 0 Å². The molecule has 1 atom stereocenters. The number of carboxylic acid groups (broad SMARTS) is 1. The maximum Gasteiger partial charge on any atom is 0.312 e. The van der Waals surface area contributed by atoms with Crippen molar-refractivity contribution in [3.8, 4) is 0 Å². The molecule has 1 amide bonds. The Labute approximate surface area is 141 Å². The predicted molar refractivity (Wildman–Crippen MR) is 90.0 cm³/mol. The van der Waals surface area contributed by atoms with Crippen LogP contribution < -0.4 is 5.32 Å². The van der Waals surface area contributed by atoms with Gasteiger partial charge in [-0.1, -0.05) is 44.2 Å². The van der Waals surface area contributed by atoms with Gasteiger partial charge in [-0.05, 0) is 18.4 Å². The Morgan fingerprint density at radius 1 is 1.21 bits per heavy atom. The summed E-state index contributed by atoms with van der Waals surface area (Å²) >= 11 is 0. The highest BCUT2D eigenvalue weighted by molar-refractivity contribution is 5.95. The Hall–Kier alpha value is -2.76. The molecule has 0 saturated heterocycles. The maximum atomic E-state index is 12.5. The van der Waals surface area contributed by atoms with Crippen molar-refractivity contribution in [3.63, 3.8) is 0 Å². The lowest BCUT2D eigenvalue weighted by Gasteiger charge is -2.15. The molecular weight excluding hydrogens is 306 g/mol. The summed E-state index contributed by atoms with van der Waals surface area (Å²) in [7, 11) is 0. The molecule has 2 aromatic rings. The van der Waals surface area contributed by atoms with Gasteiger partial charge in [-0.15, -0.1) is 0 Å². The van der Waals surface area contributed by atoms with Gasteiger partial charge in [-0.3, -0.25) is 9.59 Å². The number of aliphatic carboxylic acids is 1. The first-order chi connectivity index (χ1) is 11.4. The number of carbonyl (C=O) groups excluding carboxylic acids is 1. The van der Waals surface area contributed by atoms with Gasteiger partial charge >= 0.3 is 5.97 Å². The highest BCUT2D eigenvalue weighted by atomic mass is 16.4. The summed E-state index contributed by atoms with van der Waals surface area (Å²) in [6.45, 7) is 5.66. The third-order valence-electron chi connectivity index (χ3n) is 3.70. The molecule has 0 fully saturated rings. The molecule has 0 aliphatic carbocycles. The van der Waals surface area contributed by atoms with Crippen molar-refractivity contribution in [3.05, 3.63) is 59.2 Å². The molecule has 0 aliphatic rings. The van der Waals surface area contributed by atoms with Gasteiger partial charge in [0.25, 0.3) is 5.91 Å². The zero-order chi connectivity index (χ0) is 17.7. The van der Waals surface area contributed by atoms with E-state index in [0.29, 0.717) is 22.6 Å². The summed E-state index contributed by atoms with van der Waals surface area (Å²) in [4.78, 5) is 32.3. The van der Waals surface area contributed by atoms with Crippen molar-refractivity contribution >= 4 is 11.9 Å². The lowest BCUT2D eigenvalue weighted by molar-refractivity contribution is -0.138. The Kier molecular flexibility index (Phi) is 5.63. The molecule has 0 radical (unpaired) electrons. The molecule has 2 rings (SSSR count). The average Bonchev–Trinajstić information content (AvgIpc) is 2.55. The third kappa shape index (κ3) is 4.16. The van der Waals surface area contributed by atoms with Crippen LogP contribution in [0.1, 0.15) is 53.1 Å². The van der Waals surface area contributed by atoms with E-state index in [1.807, 2.05) is 19.9 Å². The van der Waals surface area contributed by atoms with Crippen LogP contribution in [0.15, 0.2) is 36.5 Å². The van der Waals surface area contributed by atoms with E-state index in [1.54, 1.807) is 31.2 Å². The summed E-state index contributed by atoms with van der Waals surface area (Å²) in [5, 5.41) is 12.1. The minimum Gasteiger partial charge on any atom is -0.481 e. The van der Waals surface area contributed by atoms with E-state index in [-0.39, 0.29) is 18.4 Å². The topological polar surface area (TPSA) is 92.2 Å². The van der Waals surface area contributed by atoms with Gasteiger partial charge in [-0.25, -0.2) is 9.97 Å². The number of rotatable bonds is 6. The second-order valence-electron chi connectivity index (χ2n) is 5.88. The van der Waals surface area contributed by atoms with Gasteiger partial charge in [0.05, 0.1) is 17.2 Å². The first kappa shape index (κ1) is 17.6. The minimum atomic E-state index is -0.981. The van der Waals surface area contributed by atoms with E-state index in [1.165, 1.54) is 6.20 Å². The van der Waals surface area contributed by atoms with E-state index in [2.05, 4.69) is 15.3 Å². The fourth-order valence-electron chi connectivity index (χ4n) is 2.43. The number of benzene rings is 1. The monoisotopic (exact) mass is 327 g/mol. The SMILES string of the molecule is Cc1ncc(C(=O)NCC(C(=O)O)c2ccccc2)c(C(C)C)n1. The highest BCUT2D eigenvalue weighted by Gasteiger charge is 2.22. The van der Waals surface area contributed by atoms with E-state index in [4.69, 9.17) is 0 Å². The van der Waals surface area contributed by atoms with Crippen LogP contribution >= 0.6 is 0 Å².